The molecule has 0 saturated heterocycles. The predicted octanol–water partition coefficient (Wildman–Crippen LogP) is 12.1. The molecule has 0 aliphatic heterocycles. The minimum absolute atomic E-state index is 0.0119. The Labute approximate surface area is 273 Å². The monoisotopic (exact) mass is 555 g/mol. The summed E-state index contributed by atoms with van der Waals surface area (Å²) in [5, 5.41) is -3.81. The molecule has 0 bridgehead atoms. The second-order valence-electron chi connectivity index (χ2n) is 11.1. The van der Waals surface area contributed by atoms with Crippen LogP contribution in [0.5, 0.6) is 0 Å². The van der Waals surface area contributed by atoms with E-state index in [1.807, 2.05) is 20.8 Å². The van der Waals surface area contributed by atoms with Crippen molar-refractivity contribution in [2.45, 2.75) is 26.2 Å². The van der Waals surface area contributed by atoms with Crippen molar-refractivity contribution in [1.82, 2.24) is 0 Å². The second kappa shape index (κ2) is 9.29. The molecule has 0 aliphatic carbocycles. The highest BCUT2D eigenvalue weighted by Gasteiger charge is 2.19. The Hall–Kier alpha value is -4.94. The molecule has 0 heterocycles. The van der Waals surface area contributed by atoms with Crippen molar-refractivity contribution >= 4 is 53.9 Å². The summed E-state index contributed by atoms with van der Waals surface area (Å²) < 4.78 is 171. The van der Waals surface area contributed by atoms with Crippen molar-refractivity contribution in [3.05, 3.63) is 145 Å². The molecule has 0 heteroatoms. The van der Waals surface area contributed by atoms with E-state index in [-0.39, 0.29) is 32.5 Å². The Morgan fingerprint density at radius 2 is 0.976 bits per heavy atom. The lowest BCUT2D eigenvalue weighted by Crippen LogP contribution is -2.10. The predicted molar refractivity (Wildman–Crippen MR) is 184 cm³/mol. The average Bonchev–Trinajstić information content (AvgIpc) is 3.22. The van der Waals surface area contributed by atoms with Crippen molar-refractivity contribution in [2.75, 3.05) is 0 Å². The van der Waals surface area contributed by atoms with Gasteiger partial charge >= 0.3 is 0 Å². The normalized spacial score (nSPS) is 18.5. The van der Waals surface area contributed by atoms with Gasteiger partial charge in [-0.2, -0.15) is 0 Å². The van der Waals surface area contributed by atoms with Gasteiger partial charge in [0.1, 0.15) is 0 Å². The van der Waals surface area contributed by atoms with Crippen LogP contribution in [0.1, 0.15) is 52.4 Å². The number of rotatable bonds is 2. The molecule has 0 unspecified atom stereocenters. The lowest BCUT2D eigenvalue weighted by atomic mass is 9.83. The summed E-state index contributed by atoms with van der Waals surface area (Å²) in [5.74, 6) is 0. The average molecular weight is 556 g/mol. The van der Waals surface area contributed by atoms with E-state index in [4.69, 9.17) is 13.7 Å². The van der Waals surface area contributed by atoms with Crippen molar-refractivity contribution in [1.29, 1.82) is 0 Å². The Balaban J connectivity index is 1.75. The largest absolute Gasteiger partial charge is 0.0636 e. The highest BCUT2D eigenvalue weighted by atomic mass is 14.2. The summed E-state index contributed by atoms with van der Waals surface area (Å²) >= 11 is 0. The molecule has 200 valence electrons. The van der Waals surface area contributed by atoms with Gasteiger partial charge < -0.3 is 0 Å². The van der Waals surface area contributed by atoms with Gasteiger partial charge in [0.2, 0.25) is 0 Å². The lowest BCUT2D eigenvalue weighted by molar-refractivity contribution is 0.590. The number of fused-ring (bicyclic) bond motifs is 6. The third-order valence-electron chi connectivity index (χ3n) is 7.54. The number of hydrogen-bond acceptors (Lipinski definition) is 0. The van der Waals surface area contributed by atoms with E-state index in [1.165, 1.54) is 0 Å². The van der Waals surface area contributed by atoms with E-state index in [2.05, 4.69) is 0 Å². The van der Waals surface area contributed by atoms with Gasteiger partial charge in [0.15, 0.2) is 0 Å². The zero-order chi connectivity index (χ0) is 45.0. The Bertz CT molecular complexity index is 3280. The molecule has 0 N–H and O–H groups in total. The van der Waals surface area contributed by atoms with Crippen LogP contribution in [0.2, 0.25) is 0 Å². The summed E-state index contributed by atoms with van der Waals surface area (Å²) in [4.78, 5) is 0. The van der Waals surface area contributed by atoms with E-state index < -0.39 is 158 Å². The van der Waals surface area contributed by atoms with Gasteiger partial charge in [-0.1, -0.05) is 148 Å². The summed E-state index contributed by atoms with van der Waals surface area (Å²) in [6, 6.07) is -6.64. The van der Waals surface area contributed by atoms with E-state index in [0.717, 1.165) is 5.56 Å². The first-order valence-corrected chi connectivity index (χ1v) is 13.3. The molecule has 8 aromatic carbocycles. The third-order valence-corrected chi connectivity index (χ3v) is 7.54. The molecule has 0 spiro atoms. The van der Waals surface area contributed by atoms with Crippen LogP contribution in [-0.2, 0) is 5.41 Å². The molecule has 0 amide bonds. The Morgan fingerprint density at radius 1 is 0.429 bits per heavy atom. The fourth-order valence-corrected chi connectivity index (χ4v) is 5.49. The molecular formula is C42H32. The Morgan fingerprint density at radius 3 is 1.60 bits per heavy atom. The van der Waals surface area contributed by atoms with Crippen molar-refractivity contribution in [2.24, 2.45) is 0 Å². The molecule has 42 heavy (non-hydrogen) atoms. The Kier molecular flexibility index (Phi) is 2.68. The van der Waals surface area contributed by atoms with Crippen LogP contribution in [-0.4, -0.2) is 0 Å². The van der Waals surface area contributed by atoms with Crippen LogP contribution in [0.3, 0.4) is 0 Å². The highest BCUT2D eigenvalue weighted by molar-refractivity contribution is 6.25. The third kappa shape index (κ3) is 3.83. The van der Waals surface area contributed by atoms with Crippen LogP contribution in [0, 0.1) is 0 Å². The van der Waals surface area contributed by atoms with Crippen LogP contribution in [0.15, 0.2) is 139 Å². The van der Waals surface area contributed by atoms with Gasteiger partial charge in [-0.3, -0.25) is 0 Å². The molecule has 8 rings (SSSR count). The first-order chi connectivity index (χ1) is 28.4. The molecule has 0 radical (unpaired) electrons. The fourth-order valence-electron chi connectivity index (χ4n) is 5.49. The molecule has 0 nitrogen and oxygen atoms in total. The summed E-state index contributed by atoms with van der Waals surface area (Å²) in [7, 11) is 0. The molecule has 0 aromatic heterocycles. The zero-order valence-corrected chi connectivity index (χ0v) is 22.8. The maximum absolute atomic E-state index is 9.47. The van der Waals surface area contributed by atoms with Gasteiger partial charge in [-0.05, 0) is 99.2 Å². The fraction of sp³-hybridized carbons (Fsp3) is 0.0952. The molecular weight excluding hydrogens is 504 g/mol. The quantitative estimate of drug-likeness (QED) is 0.147. The van der Waals surface area contributed by atoms with Crippen LogP contribution >= 0.6 is 0 Å². The summed E-state index contributed by atoms with van der Waals surface area (Å²) in [5.41, 5.74) is -0.0284. The van der Waals surface area contributed by atoms with Gasteiger partial charge in [0.25, 0.3) is 0 Å². The first-order valence-electron chi connectivity index (χ1n) is 22.8. The van der Waals surface area contributed by atoms with Gasteiger partial charge in [0, 0.05) is 0 Å². The van der Waals surface area contributed by atoms with Crippen molar-refractivity contribution < 1.29 is 26.0 Å². The topological polar surface area (TPSA) is 0 Å². The smallest absolute Gasteiger partial charge is 0.0616 e. The molecule has 0 saturated carbocycles. The van der Waals surface area contributed by atoms with Crippen LogP contribution in [0.25, 0.3) is 76.1 Å². The molecule has 8 aromatic rings. The van der Waals surface area contributed by atoms with Gasteiger partial charge in [0.05, 0.1) is 26.0 Å². The second-order valence-corrected chi connectivity index (χ2v) is 11.1. The van der Waals surface area contributed by atoms with E-state index in [1.54, 1.807) is 24.3 Å². The minimum atomic E-state index is -0.841. The van der Waals surface area contributed by atoms with Crippen LogP contribution < -0.4 is 0 Å². The zero-order valence-electron chi connectivity index (χ0n) is 41.8. The van der Waals surface area contributed by atoms with E-state index in [9.17, 15) is 12.3 Å². The SMILES string of the molecule is [2H]c1c([2H])c([2H])c2c(-c3c([2H])c([2H])c([2H])c4c3c([2H])c([2H])c3c([2H])c5c([2H])c([2H])c([2H])c([2H])c5c([2H])c34)c3c([2H])c([2H])c([2H])c([2H])c3c(-c3ccc(C(C)(C)C)cc3)c2c1[2H]. The lowest BCUT2D eigenvalue weighted by Gasteiger charge is -2.21. The summed E-state index contributed by atoms with van der Waals surface area (Å²) in [6.07, 6.45) is 0. The van der Waals surface area contributed by atoms with Gasteiger partial charge in [-0.25, -0.2) is 0 Å². The first kappa shape index (κ1) is 12.1. The van der Waals surface area contributed by atoms with E-state index in [0.29, 0.717) is 5.56 Å². The van der Waals surface area contributed by atoms with Crippen molar-refractivity contribution in [3.63, 3.8) is 0 Å². The van der Waals surface area contributed by atoms with Crippen molar-refractivity contribution in [3.8, 4) is 22.3 Å². The van der Waals surface area contributed by atoms with Gasteiger partial charge in [-0.15, -0.1) is 0 Å². The molecule has 0 aliphatic rings. The number of benzene rings is 8. The van der Waals surface area contributed by atoms with Crippen LogP contribution in [0.4, 0.5) is 0 Å². The number of hydrogen-bond donors (Lipinski definition) is 0. The molecule has 0 fully saturated rings. The highest BCUT2D eigenvalue weighted by Crippen LogP contribution is 2.46. The van der Waals surface area contributed by atoms with E-state index >= 15 is 0 Å². The summed E-state index contributed by atoms with van der Waals surface area (Å²) in [6.45, 7) is 5.96. The molecule has 0 atom stereocenters. The maximum atomic E-state index is 9.47. The standard InChI is InChI=1S/C42H32/c1-42(2,3)31-22-19-27(20-23-31)40-35-13-6-8-15-37(35)41(38-16-9-7-14-36(38)40)34-18-10-17-32-33(34)24-21-30-25-28-11-4-5-12-29(28)26-39(30)32/h4-26H,1-3H3/i4D,5D,6D,7D,8D,9D,10D,11D,12D,13D,14D,15D,16D,17D,18D,21D,24D,25D,26D. The minimum Gasteiger partial charge on any atom is -0.0616 e. The maximum Gasteiger partial charge on any atom is 0.0636 e.